The minimum Gasteiger partial charge on any atom is -0.399 e. The molecular formula is C12H19N3O2. The lowest BCUT2D eigenvalue weighted by molar-refractivity contribution is -0.117. The molecule has 0 aliphatic rings. The molecule has 1 rings (SSSR count). The number of benzene rings is 1. The van der Waals surface area contributed by atoms with E-state index in [9.17, 15) is 9.90 Å². The molecule has 0 bridgehead atoms. The van der Waals surface area contributed by atoms with Gasteiger partial charge in [-0.15, -0.1) is 0 Å². The number of anilines is 2. The highest BCUT2D eigenvalue weighted by atomic mass is 16.3. The van der Waals surface area contributed by atoms with E-state index < -0.39 is 6.10 Å². The van der Waals surface area contributed by atoms with Crippen LogP contribution in [0.3, 0.4) is 0 Å². The average Bonchev–Trinajstić information content (AvgIpc) is 2.14. The Bertz CT molecular complexity index is 380. The van der Waals surface area contributed by atoms with Crippen molar-refractivity contribution in [2.24, 2.45) is 0 Å². The van der Waals surface area contributed by atoms with Gasteiger partial charge in [0, 0.05) is 17.9 Å². The van der Waals surface area contributed by atoms with Gasteiger partial charge in [-0.3, -0.25) is 9.69 Å². The van der Waals surface area contributed by atoms with Crippen LogP contribution in [-0.4, -0.2) is 42.2 Å². The first-order chi connectivity index (χ1) is 7.97. The first-order valence-corrected chi connectivity index (χ1v) is 5.49. The molecule has 5 nitrogen and oxygen atoms in total. The normalized spacial score (nSPS) is 12.5. The van der Waals surface area contributed by atoms with Gasteiger partial charge in [-0.25, -0.2) is 0 Å². The van der Waals surface area contributed by atoms with Crippen molar-refractivity contribution in [3.8, 4) is 0 Å². The third-order valence-corrected chi connectivity index (χ3v) is 2.16. The van der Waals surface area contributed by atoms with Crippen LogP contribution >= 0.6 is 0 Å². The molecule has 1 aromatic carbocycles. The lowest BCUT2D eigenvalue weighted by atomic mass is 10.3. The molecule has 0 heterocycles. The van der Waals surface area contributed by atoms with Crippen molar-refractivity contribution >= 4 is 17.3 Å². The van der Waals surface area contributed by atoms with Crippen LogP contribution < -0.4 is 11.1 Å². The summed E-state index contributed by atoms with van der Waals surface area (Å²) in [6.45, 7) is 2.39. The van der Waals surface area contributed by atoms with Crippen molar-refractivity contribution in [3.05, 3.63) is 24.3 Å². The fraction of sp³-hybridized carbons (Fsp3) is 0.417. The molecule has 1 atom stereocenters. The Kier molecular flexibility index (Phi) is 4.93. The number of nitrogens with two attached hydrogens (primary N) is 1. The lowest BCUT2D eigenvalue weighted by Gasteiger charge is -2.17. The molecule has 17 heavy (non-hydrogen) atoms. The number of amides is 1. The Balaban J connectivity index is 2.44. The Morgan fingerprint density at radius 2 is 2.29 bits per heavy atom. The van der Waals surface area contributed by atoms with Gasteiger partial charge >= 0.3 is 0 Å². The Hall–Kier alpha value is -1.59. The van der Waals surface area contributed by atoms with Gasteiger partial charge in [-0.1, -0.05) is 6.07 Å². The van der Waals surface area contributed by atoms with Crippen LogP contribution in [0.25, 0.3) is 0 Å². The molecule has 94 valence electrons. The predicted molar refractivity (Wildman–Crippen MR) is 68.7 cm³/mol. The third kappa shape index (κ3) is 5.33. The molecule has 0 fully saturated rings. The molecule has 0 aliphatic heterocycles. The summed E-state index contributed by atoms with van der Waals surface area (Å²) in [6, 6.07) is 7.02. The van der Waals surface area contributed by atoms with Crippen LogP contribution in [-0.2, 0) is 4.79 Å². The highest BCUT2D eigenvalue weighted by Gasteiger charge is 2.08. The zero-order chi connectivity index (χ0) is 12.8. The molecule has 1 aromatic rings. The fourth-order valence-corrected chi connectivity index (χ4v) is 1.58. The Morgan fingerprint density at radius 1 is 1.59 bits per heavy atom. The SMILES string of the molecule is CC(O)CN(C)CC(=O)Nc1cccc(N)c1. The number of carbonyl (C=O) groups excluding carboxylic acids is 1. The molecule has 5 heteroatoms. The summed E-state index contributed by atoms with van der Waals surface area (Å²) in [5.41, 5.74) is 6.90. The van der Waals surface area contributed by atoms with Crippen molar-refractivity contribution in [1.29, 1.82) is 0 Å². The molecule has 1 amide bonds. The van der Waals surface area contributed by atoms with E-state index >= 15 is 0 Å². The number of hydrogen-bond donors (Lipinski definition) is 3. The minimum atomic E-state index is -0.444. The van der Waals surface area contributed by atoms with Crippen LogP contribution in [0, 0.1) is 0 Å². The van der Waals surface area contributed by atoms with E-state index in [4.69, 9.17) is 5.73 Å². The van der Waals surface area contributed by atoms with Crippen LogP contribution in [0.4, 0.5) is 11.4 Å². The van der Waals surface area contributed by atoms with Crippen molar-refractivity contribution in [2.45, 2.75) is 13.0 Å². The summed E-state index contributed by atoms with van der Waals surface area (Å²) in [5, 5.41) is 11.9. The average molecular weight is 237 g/mol. The van der Waals surface area contributed by atoms with Gasteiger partial charge in [0.15, 0.2) is 0 Å². The van der Waals surface area contributed by atoms with Crippen LogP contribution in [0.15, 0.2) is 24.3 Å². The van der Waals surface area contributed by atoms with Crippen molar-refractivity contribution < 1.29 is 9.90 Å². The lowest BCUT2D eigenvalue weighted by Crippen LogP contribution is -2.34. The van der Waals surface area contributed by atoms with Crippen LogP contribution in [0.5, 0.6) is 0 Å². The standard InChI is InChI=1S/C12H19N3O2/c1-9(16)7-15(2)8-12(17)14-11-5-3-4-10(13)6-11/h3-6,9,16H,7-8,13H2,1-2H3,(H,14,17). The number of nitrogens with one attached hydrogen (secondary N) is 1. The van der Waals surface area contributed by atoms with Gasteiger partial charge in [-0.2, -0.15) is 0 Å². The number of aliphatic hydroxyl groups is 1. The molecule has 4 N–H and O–H groups in total. The molecule has 0 saturated heterocycles. The molecule has 0 radical (unpaired) electrons. The number of hydrogen-bond acceptors (Lipinski definition) is 4. The zero-order valence-electron chi connectivity index (χ0n) is 10.2. The second-order valence-corrected chi connectivity index (χ2v) is 4.22. The number of carbonyl (C=O) groups is 1. The van der Waals surface area contributed by atoms with E-state index in [1.807, 2.05) is 0 Å². The summed E-state index contributed by atoms with van der Waals surface area (Å²) in [6.07, 6.45) is -0.444. The van der Waals surface area contributed by atoms with E-state index in [0.717, 1.165) is 0 Å². The number of likely N-dealkylation sites (N-methyl/N-ethyl adjacent to an activating group) is 1. The van der Waals surface area contributed by atoms with Crippen LogP contribution in [0.1, 0.15) is 6.92 Å². The van der Waals surface area contributed by atoms with Gasteiger partial charge in [0.25, 0.3) is 0 Å². The maximum Gasteiger partial charge on any atom is 0.238 e. The number of rotatable bonds is 5. The van der Waals surface area contributed by atoms with Gasteiger partial charge in [0.05, 0.1) is 12.6 Å². The van der Waals surface area contributed by atoms with Crippen LogP contribution in [0.2, 0.25) is 0 Å². The monoisotopic (exact) mass is 237 g/mol. The smallest absolute Gasteiger partial charge is 0.238 e. The van der Waals surface area contributed by atoms with Gasteiger partial charge < -0.3 is 16.2 Å². The molecule has 0 saturated carbocycles. The molecule has 0 spiro atoms. The molecule has 1 unspecified atom stereocenters. The summed E-state index contributed by atoms with van der Waals surface area (Å²) in [7, 11) is 1.78. The molecular weight excluding hydrogens is 218 g/mol. The Labute approximate surface area is 101 Å². The van der Waals surface area contributed by atoms with E-state index in [1.165, 1.54) is 0 Å². The zero-order valence-corrected chi connectivity index (χ0v) is 10.2. The summed E-state index contributed by atoms with van der Waals surface area (Å²) >= 11 is 0. The van der Waals surface area contributed by atoms with E-state index in [-0.39, 0.29) is 12.5 Å². The second kappa shape index (κ2) is 6.22. The molecule has 0 aliphatic carbocycles. The molecule has 0 aromatic heterocycles. The summed E-state index contributed by atoms with van der Waals surface area (Å²) in [5.74, 6) is -0.126. The van der Waals surface area contributed by atoms with Crippen molar-refractivity contribution in [1.82, 2.24) is 4.90 Å². The van der Waals surface area contributed by atoms with Gasteiger partial charge in [0.2, 0.25) is 5.91 Å². The minimum absolute atomic E-state index is 0.126. The summed E-state index contributed by atoms with van der Waals surface area (Å²) < 4.78 is 0. The Morgan fingerprint density at radius 3 is 2.88 bits per heavy atom. The first-order valence-electron chi connectivity index (χ1n) is 5.49. The highest BCUT2D eigenvalue weighted by molar-refractivity contribution is 5.92. The number of aliphatic hydroxyl groups excluding tert-OH is 1. The number of nitrogens with zero attached hydrogens (tertiary/aromatic N) is 1. The van der Waals surface area contributed by atoms with Gasteiger partial charge in [-0.05, 0) is 32.2 Å². The van der Waals surface area contributed by atoms with Gasteiger partial charge in [0.1, 0.15) is 0 Å². The van der Waals surface area contributed by atoms with E-state index in [0.29, 0.717) is 17.9 Å². The largest absolute Gasteiger partial charge is 0.399 e. The third-order valence-electron chi connectivity index (χ3n) is 2.16. The van der Waals surface area contributed by atoms with E-state index in [1.54, 1.807) is 43.1 Å². The predicted octanol–water partition coefficient (Wildman–Crippen LogP) is 0.520. The highest BCUT2D eigenvalue weighted by Crippen LogP contribution is 2.11. The first kappa shape index (κ1) is 13.5. The number of nitrogen functional groups attached to an aromatic ring is 1. The topological polar surface area (TPSA) is 78.6 Å². The van der Waals surface area contributed by atoms with E-state index in [2.05, 4.69) is 5.32 Å². The van der Waals surface area contributed by atoms with Crippen molar-refractivity contribution in [2.75, 3.05) is 31.2 Å². The fourth-order valence-electron chi connectivity index (χ4n) is 1.58. The maximum atomic E-state index is 11.6. The summed E-state index contributed by atoms with van der Waals surface area (Å²) in [4.78, 5) is 13.4. The maximum absolute atomic E-state index is 11.6. The quantitative estimate of drug-likeness (QED) is 0.652. The second-order valence-electron chi connectivity index (χ2n) is 4.22. The van der Waals surface area contributed by atoms with Crippen molar-refractivity contribution in [3.63, 3.8) is 0 Å².